The second kappa shape index (κ2) is 6.07. The molecule has 1 amide bonds. The third-order valence-electron chi connectivity index (χ3n) is 1.77. The van der Waals surface area contributed by atoms with Gasteiger partial charge >= 0.3 is 5.97 Å². The summed E-state index contributed by atoms with van der Waals surface area (Å²) in [4.78, 5) is 21.3. The molecule has 0 aromatic carbocycles. The molecule has 0 saturated carbocycles. The van der Waals surface area contributed by atoms with Gasteiger partial charge < -0.3 is 10.4 Å². The lowest BCUT2D eigenvalue weighted by molar-refractivity contribution is -0.137. The summed E-state index contributed by atoms with van der Waals surface area (Å²) in [6.07, 6.45) is -0.548. The number of amides is 1. The van der Waals surface area contributed by atoms with Crippen molar-refractivity contribution >= 4 is 21.7 Å². The van der Waals surface area contributed by atoms with Crippen molar-refractivity contribution in [3.8, 4) is 6.07 Å². The fraction of sp³-hybridized carbons (Fsp3) is 0.625. The summed E-state index contributed by atoms with van der Waals surface area (Å²) in [7, 11) is -3.79. The molecule has 1 unspecified atom stereocenters. The molecule has 1 atom stereocenters. The molecule has 7 nitrogen and oxygen atoms in total. The van der Waals surface area contributed by atoms with Crippen molar-refractivity contribution in [3.05, 3.63) is 0 Å². The van der Waals surface area contributed by atoms with E-state index in [-0.39, 0.29) is 6.54 Å². The van der Waals surface area contributed by atoms with E-state index in [1.165, 1.54) is 6.92 Å². The molecule has 8 heteroatoms. The molecule has 16 heavy (non-hydrogen) atoms. The summed E-state index contributed by atoms with van der Waals surface area (Å²) in [5.41, 5.74) is 0. The highest BCUT2D eigenvalue weighted by Crippen LogP contribution is 2.06. The number of nitrogens with one attached hydrogen (secondary N) is 1. The molecule has 0 fully saturated rings. The maximum Gasteiger partial charge on any atom is 0.304 e. The van der Waals surface area contributed by atoms with E-state index in [0.717, 1.165) is 0 Å². The van der Waals surface area contributed by atoms with Gasteiger partial charge in [0.15, 0.2) is 9.84 Å². The molecule has 0 aromatic heterocycles. The van der Waals surface area contributed by atoms with E-state index in [1.54, 1.807) is 6.07 Å². The van der Waals surface area contributed by atoms with Crippen LogP contribution in [0.25, 0.3) is 0 Å². The second-order valence-electron chi connectivity index (χ2n) is 3.15. The van der Waals surface area contributed by atoms with Crippen molar-refractivity contribution < 1.29 is 23.1 Å². The van der Waals surface area contributed by atoms with E-state index in [0.29, 0.717) is 0 Å². The number of nitriles is 1. The molecule has 0 spiro atoms. The first-order valence-electron chi connectivity index (χ1n) is 4.36. The van der Waals surface area contributed by atoms with E-state index in [2.05, 4.69) is 5.32 Å². The van der Waals surface area contributed by atoms with Gasteiger partial charge in [-0.1, -0.05) is 0 Å². The molecule has 0 rings (SSSR count). The Balaban J connectivity index is 4.40. The first-order valence-corrected chi connectivity index (χ1v) is 6.08. The summed E-state index contributed by atoms with van der Waals surface area (Å²) < 4.78 is 22.9. The van der Waals surface area contributed by atoms with Crippen molar-refractivity contribution in [3.63, 3.8) is 0 Å². The Morgan fingerprint density at radius 2 is 2.06 bits per heavy atom. The van der Waals surface area contributed by atoms with Crippen molar-refractivity contribution in [2.24, 2.45) is 0 Å². The van der Waals surface area contributed by atoms with Crippen LogP contribution in [0.4, 0.5) is 0 Å². The van der Waals surface area contributed by atoms with Crippen LogP contribution in [0.5, 0.6) is 0 Å². The molecule has 90 valence electrons. The summed E-state index contributed by atoms with van der Waals surface area (Å²) in [5, 5.41) is 17.5. The number of nitrogens with zero attached hydrogens (tertiary/aromatic N) is 1. The molecule has 0 bridgehead atoms. The average Bonchev–Trinajstić information content (AvgIpc) is 2.12. The zero-order chi connectivity index (χ0) is 12.8. The van der Waals surface area contributed by atoms with Gasteiger partial charge in [0.05, 0.1) is 17.7 Å². The minimum absolute atomic E-state index is 0.276. The van der Waals surface area contributed by atoms with Gasteiger partial charge in [0.25, 0.3) is 0 Å². The highest BCUT2D eigenvalue weighted by molar-refractivity contribution is 7.92. The molecule has 0 heterocycles. The number of carboxylic acid groups (broad SMARTS) is 1. The van der Waals surface area contributed by atoms with Gasteiger partial charge in [-0.25, -0.2) is 8.42 Å². The van der Waals surface area contributed by atoms with Gasteiger partial charge in [0.1, 0.15) is 12.3 Å². The highest BCUT2D eigenvalue weighted by Gasteiger charge is 2.26. The van der Waals surface area contributed by atoms with Gasteiger partial charge in [0, 0.05) is 0 Å². The molecule has 2 N–H and O–H groups in total. The smallest absolute Gasteiger partial charge is 0.304 e. The fourth-order valence-electron chi connectivity index (χ4n) is 0.887. The Kier molecular flexibility index (Phi) is 5.46. The lowest BCUT2D eigenvalue weighted by Gasteiger charge is -2.09. The van der Waals surface area contributed by atoms with Crippen molar-refractivity contribution in [1.82, 2.24) is 5.32 Å². The first-order chi connectivity index (χ1) is 7.29. The summed E-state index contributed by atoms with van der Waals surface area (Å²) in [5.74, 6) is -2.85. The fourth-order valence-corrected chi connectivity index (χ4v) is 2.04. The predicted molar refractivity (Wildman–Crippen MR) is 54.1 cm³/mol. The van der Waals surface area contributed by atoms with Crippen molar-refractivity contribution in [2.45, 2.75) is 18.6 Å². The second-order valence-corrected chi connectivity index (χ2v) is 5.57. The average molecular weight is 248 g/mol. The monoisotopic (exact) mass is 248 g/mol. The number of rotatable bonds is 6. The Labute approximate surface area is 93.0 Å². The highest BCUT2D eigenvalue weighted by atomic mass is 32.2. The number of carboxylic acids is 1. The van der Waals surface area contributed by atoms with Crippen LogP contribution in [-0.2, 0) is 19.4 Å². The summed E-state index contributed by atoms with van der Waals surface area (Å²) in [6.45, 7) is 0.947. The zero-order valence-corrected chi connectivity index (χ0v) is 9.45. The van der Waals surface area contributed by atoms with E-state index < -0.39 is 39.1 Å². The minimum atomic E-state index is -3.79. The van der Waals surface area contributed by atoms with E-state index in [9.17, 15) is 18.0 Å². The maximum atomic E-state index is 11.4. The quantitative estimate of drug-likeness (QED) is 0.575. The molecular weight excluding hydrogens is 236 g/mol. The molecule has 0 aliphatic heterocycles. The topological polar surface area (TPSA) is 124 Å². The lowest BCUT2D eigenvalue weighted by Crippen LogP contribution is -2.34. The number of sulfone groups is 1. The number of aliphatic carboxylic acids is 1. The minimum Gasteiger partial charge on any atom is -0.481 e. The van der Waals surface area contributed by atoms with Crippen LogP contribution in [0.2, 0.25) is 0 Å². The van der Waals surface area contributed by atoms with Crippen LogP contribution < -0.4 is 5.32 Å². The summed E-state index contributed by atoms with van der Waals surface area (Å²) in [6, 6.07) is 1.62. The lowest BCUT2D eigenvalue weighted by atomic mass is 10.3. The number of carbonyl (C=O) groups excluding carboxylic acids is 1. The van der Waals surface area contributed by atoms with Gasteiger partial charge in [-0.3, -0.25) is 9.59 Å². The molecule has 0 aromatic rings. The Morgan fingerprint density at radius 1 is 1.50 bits per heavy atom. The number of carbonyl (C=O) groups is 2. The van der Waals surface area contributed by atoms with Crippen molar-refractivity contribution in [1.29, 1.82) is 5.26 Å². The van der Waals surface area contributed by atoms with Crippen LogP contribution in [0, 0.1) is 11.3 Å². The molecule has 0 radical (unpaired) electrons. The van der Waals surface area contributed by atoms with Crippen LogP contribution >= 0.6 is 0 Å². The molecule has 0 aliphatic carbocycles. The van der Waals surface area contributed by atoms with Crippen LogP contribution in [-0.4, -0.2) is 42.9 Å². The number of hydrogen-bond acceptors (Lipinski definition) is 5. The van der Waals surface area contributed by atoms with Gasteiger partial charge in [-0.15, -0.1) is 0 Å². The maximum absolute atomic E-state index is 11.4. The first kappa shape index (κ1) is 14.4. The third kappa shape index (κ3) is 5.31. The van der Waals surface area contributed by atoms with E-state index in [1.807, 2.05) is 0 Å². The largest absolute Gasteiger partial charge is 0.481 e. The normalized spacial score (nSPS) is 12.5. The van der Waals surface area contributed by atoms with Gasteiger partial charge in [0.2, 0.25) is 5.91 Å². The van der Waals surface area contributed by atoms with Crippen LogP contribution in [0.1, 0.15) is 13.3 Å². The van der Waals surface area contributed by atoms with E-state index in [4.69, 9.17) is 10.4 Å². The molecular formula is C8H12N2O5S. The van der Waals surface area contributed by atoms with Gasteiger partial charge in [-0.05, 0) is 6.92 Å². The standard InChI is InChI=1S/C8H12N2O5S/c1-6(4-8(12)13)16(14,15)5-7(11)10-3-2-9/h6H,3-5H2,1H3,(H,10,11)(H,12,13). The van der Waals surface area contributed by atoms with Gasteiger partial charge in [-0.2, -0.15) is 5.26 Å². The van der Waals surface area contributed by atoms with Crippen LogP contribution in [0.3, 0.4) is 0 Å². The number of hydrogen-bond donors (Lipinski definition) is 2. The Hall–Kier alpha value is -1.62. The SMILES string of the molecule is CC(CC(=O)O)S(=O)(=O)CC(=O)NCC#N. The molecule has 0 saturated heterocycles. The summed E-state index contributed by atoms with van der Waals surface area (Å²) >= 11 is 0. The predicted octanol–water partition coefficient (Wildman–Crippen LogP) is -1.10. The van der Waals surface area contributed by atoms with Crippen molar-refractivity contribution in [2.75, 3.05) is 12.3 Å². The Bertz CT molecular complexity index is 409. The zero-order valence-electron chi connectivity index (χ0n) is 8.63. The van der Waals surface area contributed by atoms with Crippen LogP contribution in [0.15, 0.2) is 0 Å². The Morgan fingerprint density at radius 3 is 2.50 bits per heavy atom. The third-order valence-corrected chi connectivity index (χ3v) is 3.83. The molecule has 0 aliphatic rings. The van der Waals surface area contributed by atoms with E-state index >= 15 is 0 Å².